The van der Waals surface area contributed by atoms with Gasteiger partial charge in [-0.25, -0.2) is 0 Å². The van der Waals surface area contributed by atoms with Gasteiger partial charge in [-0.05, 0) is 29.5 Å². The molecule has 3 aromatic carbocycles. The van der Waals surface area contributed by atoms with Gasteiger partial charge >= 0.3 is 0 Å². The monoisotopic (exact) mass is 351 g/mol. The quantitative estimate of drug-likeness (QED) is 0.424. The number of para-hydroxylation sites is 1. The lowest BCUT2D eigenvalue weighted by atomic mass is 10.0. The van der Waals surface area contributed by atoms with Crippen molar-refractivity contribution in [3.05, 3.63) is 108 Å². The molecule has 1 saturated carbocycles. The van der Waals surface area contributed by atoms with Crippen LogP contribution in [0.1, 0.15) is 33.8 Å². The van der Waals surface area contributed by atoms with Crippen LogP contribution >= 0.6 is 0 Å². The lowest BCUT2D eigenvalue weighted by Crippen LogP contribution is -2.02. The van der Waals surface area contributed by atoms with Crippen molar-refractivity contribution < 1.29 is 4.79 Å². The largest absolute Gasteiger partial charge is 0.343 e. The number of benzene rings is 3. The van der Waals surface area contributed by atoms with E-state index in [4.69, 9.17) is 0 Å². The molecule has 0 unspecified atom stereocenters. The number of Topliss-reactive ketones (excluding diaryl/α,β-unsaturated/α-hetero) is 1. The van der Waals surface area contributed by atoms with Gasteiger partial charge in [0.25, 0.3) is 0 Å². The highest BCUT2D eigenvalue weighted by Crippen LogP contribution is 2.51. The Morgan fingerprint density at radius 1 is 0.852 bits per heavy atom. The van der Waals surface area contributed by atoms with E-state index in [0.29, 0.717) is 5.92 Å². The average Bonchev–Trinajstić information content (AvgIpc) is 3.45. The van der Waals surface area contributed by atoms with E-state index in [1.54, 1.807) is 0 Å². The summed E-state index contributed by atoms with van der Waals surface area (Å²) in [5.74, 6) is 0.725. The van der Waals surface area contributed by atoms with E-state index in [9.17, 15) is 4.79 Å². The Morgan fingerprint density at radius 3 is 2.30 bits per heavy atom. The van der Waals surface area contributed by atoms with Gasteiger partial charge in [0.1, 0.15) is 0 Å². The van der Waals surface area contributed by atoms with Gasteiger partial charge in [0.05, 0.1) is 0 Å². The molecule has 0 radical (unpaired) electrons. The molecule has 4 aromatic rings. The van der Waals surface area contributed by atoms with Crippen LogP contribution in [0.2, 0.25) is 0 Å². The number of fused-ring (bicyclic) bond motifs is 1. The first-order valence-corrected chi connectivity index (χ1v) is 9.52. The van der Waals surface area contributed by atoms with Gasteiger partial charge in [0, 0.05) is 35.1 Å². The fraction of sp³-hybridized carbons (Fsp3) is 0.160. The Kier molecular flexibility index (Phi) is 3.90. The van der Waals surface area contributed by atoms with Crippen molar-refractivity contribution in [3.8, 4) is 0 Å². The molecule has 0 N–H and O–H groups in total. The minimum Gasteiger partial charge on any atom is -0.343 e. The first kappa shape index (κ1) is 16.1. The molecular weight excluding hydrogens is 330 g/mol. The van der Waals surface area contributed by atoms with Crippen LogP contribution in [0.3, 0.4) is 0 Å². The number of aromatic nitrogens is 1. The zero-order chi connectivity index (χ0) is 18.2. The summed E-state index contributed by atoms with van der Waals surface area (Å²) in [4.78, 5) is 12.8. The van der Waals surface area contributed by atoms with Crippen molar-refractivity contribution >= 4 is 16.7 Å². The molecule has 27 heavy (non-hydrogen) atoms. The Labute approximate surface area is 159 Å². The van der Waals surface area contributed by atoms with Crippen LogP contribution in [0.4, 0.5) is 0 Å². The van der Waals surface area contributed by atoms with Gasteiger partial charge in [-0.15, -0.1) is 0 Å². The summed E-state index contributed by atoms with van der Waals surface area (Å²) in [6.45, 7) is 0.853. The molecule has 1 aliphatic rings. The minimum absolute atomic E-state index is 0.114. The van der Waals surface area contributed by atoms with E-state index in [0.717, 1.165) is 18.5 Å². The maximum atomic E-state index is 12.8. The maximum absolute atomic E-state index is 12.8. The summed E-state index contributed by atoms with van der Waals surface area (Å²) in [6, 6.07) is 28.8. The molecule has 0 bridgehead atoms. The second kappa shape index (κ2) is 6.55. The second-order valence-electron chi connectivity index (χ2n) is 7.39. The predicted octanol–water partition coefficient (Wildman–Crippen LogP) is 5.68. The van der Waals surface area contributed by atoms with E-state index >= 15 is 0 Å². The van der Waals surface area contributed by atoms with Gasteiger partial charge < -0.3 is 4.57 Å². The van der Waals surface area contributed by atoms with Crippen LogP contribution in [0.25, 0.3) is 10.9 Å². The summed E-state index contributed by atoms with van der Waals surface area (Å²) in [5, 5.41) is 1.28. The molecule has 5 rings (SSSR count). The van der Waals surface area contributed by atoms with Gasteiger partial charge in [-0.3, -0.25) is 4.79 Å². The molecule has 2 atom stereocenters. The van der Waals surface area contributed by atoms with Crippen molar-refractivity contribution in [3.63, 3.8) is 0 Å². The van der Waals surface area contributed by atoms with Crippen molar-refractivity contribution in [1.29, 1.82) is 0 Å². The molecular formula is C25H21NO. The van der Waals surface area contributed by atoms with Crippen molar-refractivity contribution in [2.45, 2.75) is 18.9 Å². The third kappa shape index (κ3) is 2.97. The van der Waals surface area contributed by atoms with Crippen LogP contribution in [0.5, 0.6) is 0 Å². The number of rotatable bonds is 5. The summed E-state index contributed by atoms with van der Waals surface area (Å²) < 4.78 is 2.32. The third-order valence-electron chi connectivity index (χ3n) is 5.60. The lowest BCUT2D eigenvalue weighted by molar-refractivity contribution is 0.0965. The first-order chi connectivity index (χ1) is 13.3. The number of ketones is 1. The smallest absolute Gasteiger partial charge is 0.166 e. The molecule has 1 fully saturated rings. The molecule has 0 amide bonds. The fourth-order valence-corrected chi connectivity index (χ4v) is 4.13. The Bertz CT molecular complexity index is 1100. The number of hydrogen-bond acceptors (Lipinski definition) is 1. The van der Waals surface area contributed by atoms with E-state index in [1.165, 1.54) is 22.0 Å². The molecule has 132 valence electrons. The molecule has 2 heteroatoms. The van der Waals surface area contributed by atoms with Crippen LogP contribution < -0.4 is 0 Å². The highest BCUT2D eigenvalue weighted by Gasteiger charge is 2.45. The van der Waals surface area contributed by atoms with E-state index < -0.39 is 0 Å². The lowest BCUT2D eigenvalue weighted by Gasteiger charge is -2.05. The maximum Gasteiger partial charge on any atom is 0.166 e. The summed E-state index contributed by atoms with van der Waals surface area (Å²) in [6.07, 6.45) is 3.22. The normalized spacial score (nSPS) is 18.5. The standard InChI is InChI=1S/C25H21NO/c27-25(19-11-5-2-6-12-19)22-15-21(22)23-17-26(16-18-9-3-1-4-10-18)24-14-8-7-13-20(23)24/h1-14,17,21-22H,15-16H2/t21-,22-/m0/s1. The number of nitrogens with zero attached hydrogens (tertiary/aromatic N) is 1. The SMILES string of the molecule is O=C(c1ccccc1)[C@H]1C[C@@H]1c1cn(Cc2ccccc2)c2ccccc12. The predicted molar refractivity (Wildman–Crippen MR) is 109 cm³/mol. The van der Waals surface area contributed by atoms with E-state index in [1.807, 2.05) is 36.4 Å². The highest BCUT2D eigenvalue weighted by atomic mass is 16.1. The third-order valence-corrected chi connectivity index (χ3v) is 5.60. The van der Waals surface area contributed by atoms with Gasteiger partial charge in [-0.1, -0.05) is 78.9 Å². The first-order valence-electron chi connectivity index (χ1n) is 9.52. The van der Waals surface area contributed by atoms with Crippen LogP contribution in [0, 0.1) is 5.92 Å². The van der Waals surface area contributed by atoms with E-state index in [2.05, 4.69) is 59.3 Å². The van der Waals surface area contributed by atoms with Crippen molar-refractivity contribution in [2.75, 3.05) is 0 Å². The van der Waals surface area contributed by atoms with Gasteiger partial charge in [0.15, 0.2) is 5.78 Å². The van der Waals surface area contributed by atoms with Crippen LogP contribution in [-0.2, 0) is 6.54 Å². The second-order valence-corrected chi connectivity index (χ2v) is 7.39. The van der Waals surface area contributed by atoms with Gasteiger partial charge in [0.2, 0.25) is 0 Å². The molecule has 2 nitrogen and oxygen atoms in total. The summed E-state index contributed by atoms with van der Waals surface area (Å²) in [5.41, 5.74) is 4.68. The zero-order valence-corrected chi connectivity index (χ0v) is 15.1. The minimum atomic E-state index is 0.114. The van der Waals surface area contributed by atoms with Gasteiger partial charge in [-0.2, -0.15) is 0 Å². The Balaban J connectivity index is 1.47. The molecule has 0 spiro atoms. The molecule has 1 heterocycles. The van der Waals surface area contributed by atoms with E-state index in [-0.39, 0.29) is 11.7 Å². The highest BCUT2D eigenvalue weighted by molar-refractivity contribution is 6.01. The number of carbonyl (C=O) groups excluding carboxylic acids is 1. The summed E-state index contributed by atoms with van der Waals surface area (Å²) >= 11 is 0. The summed E-state index contributed by atoms with van der Waals surface area (Å²) in [7, 11) is 0. The molecule has 1 aliphatic carbocycles. The average molecular weight is 351 g/mol. The zero-order valence-electron chi connectivity index (χ0n) is 15.1. The van der Waals surface area contributed by atoms with Crippen molar-refractivity contribution in [2.24, 2.45) is 5.92 Å². The number of carbonyl (C=O) groups is 1. The fourth-order valence-electron chi connectivity index (χ4n) is 4.13. The number of hydrogen-bond donors (Lipinski definition) is 0. The molecule has 1 aromatic heterocycles. The van der Waals surface area contributed by atoms with Crippen LogP contribution in [-0.4, -0.2) is 10.4 Å². The van der Waals surface area contributed by atoms with Crippen molar-refractivity contribution in [1.82, 2.24) is 4.57 Å². The topological polar surface area (TPSA) is 22.0 Å². The Morgan fingerprint density at radius 2 is 1.52 bits per heavy atom. The van der Waals surface area contributed by atoms with Crippen LogP contribution in [0.15, 0.2) is 91.1 Å². The Hall–Kier alpha value is -3.13. The molecule has 0 saturated heterocycles. The molecule has 0 aliphatic heterocycles.